The van der Waals surface area contributed by atoms with E-state index in [1.165, 1.54) is 19.2 Å². The van der Waals surface area contributed by atoms with Crippen molar-refractivity contribution in [2.24, 2.45) is 4.99 Å². The molecule has 30 heavy (non-hydrogen) atoms. The molecule has 1 aliphatic heterocycles. The number of benzene rings is 1. The Morgan fingerprint density at radius 2 is 2.03 bits per heavy atom. The molecule has 1 atom stereocenters. The molecule has 0 bridgehead atoms. The molecule has 0 aliphatic carbocycles. The number of guanidine groups is 1. The van der Waals surface area contributed by atoms with Crippen molar-refractivity contribution in [3.8, 4) is 0 Å². The third-order valence-corrected chi connectivity index (χ3v) is 4.91. The van der Waals surface area contributed by atoms with E-state index in [2.05, 4.69) is 20.4 Å². The monoisotopic (exact) mass is 538 g/mol. The Labute approximate surface area is 194 Å². The molecule has 1 saturated heterocycles. The van der Waals surface area contributed by atoms with E-state index in [4.69, 9.17) is 0 Å². The Hall–Kier alpha value is -1.65. The Balaban J connectivity index is 0.00000450. The van der Waals surface area contributed by atoms with Gasteiger partial charge in [-0.1, -0.05) is 12.8 Å². The summed E-state index contributed by atoms with van der Waals surface area (Å²) in [5.41, 5.74) is 0.435. The van der Waals surface area contributed by atoms with E-state index in [0.717, 1.165) is 50.7 Å². The van der Waals surface area contributed by atoms with Gasteiger partial charge in [0, 0.05) is 44.7 Å². The lowest BCUT2D eigenvalue weighted by atomic mass is 10.1. The van der Waals surface area contributed by atoms with Gasteiger partial charge in [-0.05, 0) is 38.3 Å². The molecule has 6 nitrogen and oxygen atoms in total. The predicted octanol–water partition coefficient (Wildman–Crippen LogP) is 3.84. The molecule has 1 aliphatic rings. The molecule has 0 radical (unpaired) electrons. The standard InChI is InChI=1S/C21H32F2N4O2.HI/c1-3-24-21(25-12-7-5-4-6-8-20(28)29-2)26-17-11-13-27(15-17)19-10-9-16(22)14-18(19)23;/h9-10,14,17H,3-8,11-13,15H2,1-2H3,(H2,24,25,26);1H. The van der Waals surface area contributed by atoms with Crippen molar-refractivity contribution in [2.75, 3.05) is 38.2 Å². The smallest absolute Gasteiger partial charge is 0.305 e. The third kappa shape index (κ3) is 9.01. The van der Waals surface area contributed by atoms with Gasteiger partial charge in [-0.3, -0.25) is 9.79 Å². The van der Waals surface area contributed by atoms with E-state index in [-0.39, 0.29) is 36.0 Å². The maximum atomic E-state index is 14.0. The molecule has 1 aromatic carbocycles. The maximum Gasteiger partial charge on any atom is 0.305 e. The number of methoxy groups -OCH3 is 1. The molecular weight excluding hydrogens is 505 g/mol. The number of unbranched alkanes of at least 4 members (excludes halogenated alkanes) is 3. The first kappa shape index (κ1) is 26.4. The number of halogens is 3. The van der Waals surface area contributed by atoms with Gasteiger partial charge in [0.05, 0.1) is 12.8 Å². The first-order valence-corrected chi connectivity index (χ1v) is 10.3. The van der Waals surface area contributed by atoms with E-state index in [9.17, 15) is 13.6 Å². The molecule has 170 valence electrons. The molecule has 1 fully saturated rings. The summed E-state index contributed by atoms with van der Waals surface area (Å²) in [6.07, 6.45) is 5.11. The van der Waals surface area contributed by atoms with Crippen LogP contribution in [0.15, 0.2) is 23.2 Å². The van der Waals surface area contributed by atoms with Gasteiger partial charge < -0.3 is 20.3 Å². The topological polar surface area (TPSA) is 66.0 Å². The molecule has 0 amide bonds. The van der Waals surface area contributed by atoms with Crippen LogP contribution < -0.4 is 15.5 Å². The molecule has 2 N–H and O–H groups in total. The number of anilines is 1. The summed E-state index contributed by atoms with van der Waals surface area (Å²) in [4.78, 5) is 17.6. The van der Waals surface area contributed by atoms with Crippen molar-refractivity contribution in [1.82, 2.24) is 10.6 Å². The van der Waals surface area contributed by atoms with Gasteiger partial charge in [-0.2, -0.15) is 0 Å². The first-order valence-electron chi connectivity index (χ1n) is 10.3. The number of esters is 1. The molecule has 2 rings (SSSR count). The van der Waals surface area contributed by atoms with Gasteiger partial charge in [0.25, 0.3) is 0 Å². The van der Waals surface area contributed by atoms with Crippen molar-refractivity contribution in [3.63, 3.8) is 0 Å². The van der Waals surface area contributed by atoms with Crippen molar-refractivity contribution in [1.29, 1.82) is 0 Å². The minimum absolute atomic E-state index is 0. The van der Waals surface area contributed by atoms with Crippen LogP contribution in [0, 0.1) is 11.6 Å². The fourth-order valence-electron chi connectivity index (χ4n) is 3.38. The molecule has 1 aromatic rings. The second kappa shape index (κ2) is 14.4. The average Bonchev–Trinajstić information content (AvgIpc) is 3.15. The number of carbonyl (C=O) groups is 1. The number of carbonyl (C=O) groups excluding carboxylic acids is 1. The highest BCUT2D eigenvalue weighted by atomic mass is 127. The van der Waals surface area contributed by atoms with Gasteiger partial charge >= 0.3 is 5.97 Å². The maximum absolute atomic E-state index is 14.0. The zero-order chi connectivity index (χ0) is 21.1. The third-order valence-electron chi connectivity index (χ3n) is 4.91. The molecular formula is C21H33F2IN4O2. The Kier molecular flexibility index (Phi) is 12.6. The minimum atomic E-state index is -0.563. The van der Waals surface area contributed by atoms with Crippen LogP contribution >= 0.6 is 24.0 Å². The van der Waals surface area contributed by atoms with Crippen LogP contribution in [-0.4, -0.2) is 51.3 Å². The highest BCUT2D eigenvalue weighted by Crippen LogP contribution is 2.24. The van der Waals surface area contributed by atoms with Crippen molar-refractivity contribution < 1.29 is 18.3 Å². The lowest BCUT2D eigenvalue weighted by molar-refractivity contribution is -0.140. The fourth-order valence-corrected chi connectivity index (χ4v) is 3.38. The second-order valence-electron chi connectivity index (χ2n) is 7.17. The van der Waals surface area contributed by atoms with Gasteiger partial charge in [-0.15, -0.1) is 24.0 Å². The molecule has 1 heterocycles. The van der Waals surface area contributed by atoms with Crippen LogP contribution in [0.4, 0.5) is 14.5 Å². The Morgan fingerprint density at radius 3 is 2.73 bits per heavy atom. The van der Waals surface area contributed by atoms with E-state index < -0.39 is 11.6 Å². The van der Waals surface area contributed by atoms with Crippen molar-refractivity contribution >= 4 is 41.6 Å². The predicted molar refractivity (Wildman–Crippen MR) is 127 cm³/mol. The van der Waals surface area contributed by atoms with E-state index >= 15 is 0 Å². The Bertz CT molecular complexity index is 691. The second-order valence-corrected chi connectivity index (χ2v) is 7.17. The summed E-state index contributed by atoms with van der Waals surface area (Å²) in [5.74, 6) is -0.494. The number of nitrogens with one attached hydrogen (secondary N) is 2. The summed E-state index contributed by atoms with van der Waals surface area (Å²) >= 11 is 0. The van der Waals surface area contributed by atoms with Crippen LogP contribution in [0.3, 0.4) is 0 Å². The molecule has 9 heteroatoms. The average molecular weight is 538 g/mol. The van der Waals surface area contributed by atoms with Crippen molar-refractivity contribution in [3.05, 3.63) is 29.8 Å². The zero-order valence-electron chi connectivity index (χ0n) is 17.8. The number of aliphatic imine (C=N–C) groups is 1. The highest BCUT2D eigenvalue weighted by Gasteiger charge is 2.25. The summed E-state index contributed by atoms with van der Waals surface area (Å²) in [6, 6.07) is 3.85. The number of nitrogens with zero attached hydrogens (tertiary/aromatic N) is 2. The summed E-state index contributed by atoms with van der Waals surface area (Å²) in [5, 5.41) is 6.65. The van der Waals surface area contributed by atoms with Gasteiger partial charge in [0.1, 0.15) is 11.6 Å². The van der Waals surface area contributed by atoms with Crippen LogP contribution in [-0.2, 0) is 9.53 Å². The van der Waals surface area contributed by atoms with E-state index in [1.54, 1.807) is 0 Å². The van der Waals surface area contributed by atoms with Gasteiger partial charge in [0.15, 0.2) is 5.96 Å². The van der Waals surface area contributed by atoms with Crippen molar-refractivity contribution in [2.45, 2.75) is 51.5 Å². The summed E-state index contributed by atoms with van der Waals surface area (Å²) < 4.78 is 31.8. The SMILES string of the molecule is CCNC(=NCCCCCCC(=O)OC)NC1CCN(c2ccc(F)cc2F)C1.I. The molecule has 0 aromatic heterocycles. The number of hydrogen-bond donors (Lipinski definition) is 2. The minimum Gasteiger partial charge on any atom is -0.469 e. The number of rotatable bonds is 10. The molecule has 0 saturated carbocycles. The zero-order valence-corrected chi connectivity index (χ0v) is 20.1. The first-order chi connectivity index (χ1) is 14.0. The number of ether oxygens (including phenoxy) is 1. The lowest BCUT2D eigenvalue weighted by Crippen LogP contribution is -2.44. The van der Waals surface area contributed by atoms with Gasteiger partial charge in [0.2, 0.25) is 0 Å². The largest absolute Gasteiger partial charge is 0.469 e. The number of hydrogen-bond acceptors (Lipinski definition) is 4. The lowest BCUT2D eigenvalue weighted by Gasteiger charge is -2.21. The summed E-state index contributed by atoms with van der Waals surface area (Å²) in [6.45, 7) is 4.82. The highest BCUT2D eigenvalue weighted by molar-refractivity contribution is 14.0. The molecule has 1 unspecified atom stereocenters. The van der Waals surface area contributed by atoms with E-state index in [1.807, 2.05) is 11.8 Å². The van der Waals surface area contributed by atoms with Gasteiger partial charge in [-0.25, -0.2) is 8.78 Å². The van der Waals surface area contributed by atoms with Crippen LogP contribution in [0.2, 0.25) is 0 Å². The van der Waals surface area contributed by atoms with Crippen LogP contribution in [0.1, 0.15) is 45.4 Å². The van der Waals surface area contributed by atoms with Crippen LogP contribution in [0.5, 0.6) is 0 Å². The normalized spacial score (nSPS) is 16.2. The van der Waals surface area contributed by atoms with Crippen LogP contribution in [0.25, 0.3) is 0 Å². The van der Waals surface area contributed by atoms with E-state index in [0.29, 0.717) is 31.7 Å². The summed E-state index contributed by atoms with van der Waals surface area (Å²) in [7, 11) is 1.41. The quantitative estimate of drug-likeness (QED) is 0.156. The molecule has 0 spiro atoms. The fraction of sp³-hybridized carbons (Fsp3) is 0.619. The Morgan fingerprint density at radius 1 is 1.27 bits per heavy atom.